The van der Waals surface area contributed by atoms with Crippen molar-refractivity contribution < 1.29 is 14.0 Å². The van der Waals surface area contributed by atoms with Gasteiger partial charge < -0.3 is 10.2 Å². The summed E-state index contributed by atoms with van der Waals surface area (Å²) in [5.74, 6) is -0.913. The second-order valence-corrected chi connectivity index (χ2v) is 8.02. The zero-order chi connectivity index (χ0) is 21.8. The summed E-state index contributed by atoms with van der Waals surface area (Å²) in [6.07, 6.45) is 1.56. The molecule has 4 nitrogen and oxygen atoms in total. The molecule has 158 valence electrons. The Bertz CT molecular complexity index is 1110. The van der Waals surface area contributed by atoms with Crippen molar-refractivity contribution in [1.82, 2.24) is 10.2 Å². The van der Waals surface area contributed by atoms with Crippen LogP contribution in [-0.4, -0.2) is 23.3 Å². The van der Waals surface area contributed by atoms with Crippen LogP contribution in [0.15, 0.2) is 66.7 Å². The van der Waals surface area contributed by atoms with Crippen LogP contribution in [0, 0.1) is 5.82 Å². The van der Waals surface area contributed by atoms with Crippen LogP contribution in [0.4, 0.5) is 4.39 Å². The van der Waals surface area contributed by atoms with E-state index in [0.29, 0.717) is 18.0 Å². The third-order valence-electron chi connectivity index (χ3n) is 5.44. The van der Waals surface area contributed by atoms with Crippen LogP contribution in [0.25, 0.3) is 11.1 Å². The fraction of sp³-hybridized carbons (Fsp3) is 0.200. The molecule has 0 radical (unpaired) electrons. The molecule has 0 saturated carbocycles. The molecule has 1 fully saturated rings. The van der Waals surface area contributed by atoms with Gasteiger partial charge in [0.15, 0.2) is 0 Å². The van der Waals surface area contributed by atoms with E-state index in [4.69, 9.17) is 11.6 Å². The smallest absolute Gasteiger partial charge is 0.254 e. The number of carbonyl (C=O) groups is 2. The van der Waals surface area contributed by atoms with Gasteiger partial charge in [0, 0.05) is 31.1 Å². The lowest BCUT2D eigenvalue weighted by Gasteiger charge is -2.16. The van der Waals surface area contributed by atoms with Crippen molar-refractivity contribution >= 4 is 23.4 Å². The molecular formula is C25H22ClFN2O2. The molecule has 4 rings (SSSR count). The van der Waals surface area contributed by atoms with E-state index in [1.54, 1.807) is 0 Å². The summed E-state index contributed by atoms with van der Waals surface area (Å²) in [5, 5.41) is 3.08. The Morgan fingerprint density at radius 1 is 1.06 bits per heavy atom. The molecule has 0 unspecified atom stereocenters. The van der Waals surface area contributed by atoms with Gasteiger partial charge in [0.05, 0.1) is 5.56 Å². The van der Waals surface area contributed by atoms with Crippen LogP contribution in [0.5, 0.6) is 0 Å². The molecule has 0 aliphatic carbocycles. The van der Waals surface area contributed by atoms with E-state index in [-0.39, 0.29) is 18.0 Å². The molecule has 0 spiro atoms. The fourth-order valence-corrected chi connectivity index (χ4v) is 3.95. The Kier molecular flexibility index (Phi) is 6.33. The molecule has 1 saturated heterocycles. The molecule has 3 aromatic rings. The highest BCUT2D eigenvalue weighted by Crippen LogP contribution is 2.25. The number of rotatable bonds is 6. The number of halogens is 2. The van der Waals surface area contributed by atoms with Gasteiger partial charge in [-0.1, -0.05) is 60.1 Å². The molecule has 0 aromatic heterocycles. The summed E-state index contributed by atoms with van der Waals surface area (Å²) in [7, 11) is 0. The van der Waals surface area contributed by atoms with E-state index in [1.165, 1.54) is 18.2 Å². The second kappa shape index (κ2) is 9.31. The second-order valence-electron chi connectivity index (χ2n) is 7.58. The zero-order valence-electron chi connectivity index (χ0n) is 16.9. The van der Waals surface area contributed by atoms with Crippen LogP contribution in [0.3, 0.4) is 0 Å². The van der Waals surface area contributed by atoms with E-state index in [9.17, 15) is 14.0 Å². The molecule has 1 heterocycles. The van der Waals surface area contributed by atoms with Crippen molar-refractivity contribution in [3.05, 3.63) is 94.3 Å². The third-order valence-corrected chi connectivity index (χ3v) is 5.67. The number of nitrogens with zero attached hydrogens (tertiary/aromatic N) is 1. The Balaban J connectivity index is 1.47. The number of amides is 2. The van der Waals surface area contributed by atoms with E-state index < -0.39 is 11.7 Å². The van der Waals surface area contributed by atoms with E-state index in [0.717, 1.165) is 35.2 Å². The summed E-state index contributed by atoms with van der Waals surface area (Å²) in [6, 6.07) is 19.8. The Morgan fingerprint density at radius 2 is 1.84 bits per heavy atom. The van der Waals surface area contributed by atoms with Gasteiger partial charge in [0.1, 0.15) is 5.82 Å². The summed E-state index contributed by atoms with van der Waals surface area (Å²) >= 11 is 5.89. The molecule has 1 aliphatic heterocycles. The molecule has 3 aromatic carbocycles. The average Bonchev–Trinajstić information content (AvgIpc) is 3.19. The quantitative estimate of drug-likeness (QED) is 0.577. The standard InChI is InChI=1S/C25H22ClFN2O2/c26-20-11-12-23(27)22(14-20)25(31)28-15-19-4-1-2-5-21(19)18-9-7-17(8-10-18)16-29-13-3-6-24(29)30/h1-2,4-5,7-12,14H,3,6,13,15-16H2,(H,28,31). The maximum absolute atomic E-state index is 14.0. The number of hydrogen-bond donors (Lipinski definition) is 1. The molecule has 1 aliphatic rings. The highest BCUT2D eigenvalue weighted by atomic mass is 35.5. The summed E-state index contributed by atoms with van der Waals surface area (Å²) in [5.41, 5.74) is 3.92. The van der Waals surface area contributed by atoms with Crippen LogP contribution >= 0.6 is 11.6 Å². The number of hydrogen-bond acceptors (Lipinski definition) is 2. The van der Waals surface area contributed by atoms with Gasteiger partial charge in [-0.2, -0.15) is 0 Å². The first kappa shape index (κ1) is 21.1. The molecule has 0 bridgehead atoms. The van der Waals surface area contributed by atoms with E-state index in [2.05, 4.69) is 5.32 Å². The van der Waals surface area contributed by atoms with Crippen molar-refractivity contribution in [2.45, 2.75) is 25.9 Å². The van der Waals surface area contributed by atoms with Crippen molar-refractivity contribution in [2.75, 3.05) is 6.54 Å². The fourth-order valence-electron chi connectivity index (χ4n) is 3.78. The highest BCUT2D eigenvalue weighted by molar-refractivity contribution is 6.31. The topological polar surface area (TPSA) is 49.4 Å². The minimum absolute atomic E-state index is 0.0780. The Hall–Kier alpha value is -3.18. The summed E-state index contributed by atoms with van der Waals surface area (Å²) in [6.45, 7) is 1.70. The van der Waals surface area contributed by atoms with Crippen molar-refractivity contribution in [1.29, 1.82) is 0 Å². The maximum atomic E-state index is 14.0. The van der Waals surface area contributed by atoms with Gasteiger partial charge >= 0.3 is 0 Å². The molecule has 2 amide bonds. The molecular weight excluding hydrogens is 415 g/mol. The number of benzene rings is 3. The first-order valence-corrected chi connectivity index (χ1v) is 10.6. The average molecular weight is 437 g/mol. The predicted octanol–water partition coefficient (Wildman–Crippen LogP) is 5.20. The number of nitrogens with one attached hydrogen (secondary N) is 1. The SMILES string of the molecule is O=C(NCc1ccccc1-c1ccc(CN2CCCC2=O)cc1)c1cc(Cl)ccc1F. The molecule has 6 heteroatoms. The first-order chi connectivity index (χ1) is 15.0. The van der Waals surface area contributed by atoms with Crippen LogP contribution in [0.2, 0.25) is 5.02 Å². The van der Waals surface area contributed by atoms with Crippen LogP contribution in [-0.2, 0) is 17.9 Å². The normalized spacial score (nSPS) is 13.5. The molecule has 31 heavy (non-hydrogen) atoms. The van der Waals surface area contributed by atoms with Gasteiger partial charge in [-0.15, -0.1) is 0 Å². The Labute approximate surface area is 185 Å². The lowest BCUT2D eigenvalue weighted by molar-refractivity contribution is -0.128. The highest BCUT2D eigenvalue weighted by Gasteiger charge is 2.20. The molecule has 0 atom stereocenters. The van der Waals surface area contributed by atoms with Crippen molar-refractivity contribution in [2.24, 2.45) is 0 Å². The largest absolute Gasteiger partial charge is 0.348 e. The van der Waals surface area contributed by atoms with Gasteiger partial charge in [-0.05, 0) is 46.9 Å². The molecule has 1 N–H and O–H groups in total. The summed E-state index contributed by atoms with van der Waals surface area (Å²) < 4.78 is 14.0. The number of likely N-dealkylation sites (tertiary alicyclic amines) is 1. The van der Waals surface area contributed by atoms with Crippen molar-refractivity contribution in [3.8, 4) is 11.1 Å². The maximum Gasteiger partial charge on any atom is 0.254 e. The van der Waals surface area contributed by atoms with Gasteiger partial charge in [0.25, 0.3) is 5.91 Å². The van der Waals surface area contributed by atoms with Gasteiger partial charge in [-0.3, -0.25) is 9.59 Å². The number of carbonyl (C=O) groups excluding carboxylic acids is 2. The lowest BCUT2D eigenvalue weighted by atomic mass is 9.98. The lowest BCUT2D eigenvalue weighted by Crippen LogP contribution is -2.24. The first-order valence-electron chi connectivity index (χ1n) is 10.2. The zero-order valence-corrected chi connectivity index (χ0v) is 17.7. The van der Waals surface area contributed by atoms with Gasteiger partial charge in [-0.25, -0.2) is 4.39 Å². The van der Waals surface area contributed by atoms with Crippen LogP contribution in [0.1, 0.15) is 34.3 Å². The minimum Gasteiger partial charge on any atom is -0.348 e. The van der Waals surface area contributed by atoms with E-state index in [1.807, 2.05) is 53.4 Å². The monoisotopic (exact) mass is 436 g/mol. The minimum atomic E-state index is -0.609. The van der Waals surface area contributed by atoms with Crippen molar-refractivity contribution in [3.63, 3.8) is 0 Å². The van der Waals surface area contributed by atoms with Crippen LogP contribution < -0.4 is 5.32 Å². The summed E-state index contributed by atoms with van der Waals surface area (Å²) in [4.78, 5) is 26.2. The predicted molar refractivity (Wildman–Crippen MR) is 119 cm³/mol. The third kappa shape index (κ3) is 4.94. The van der Waals surface area contributed by atoms with E-state index >= 15 is 0 Å². The Morgan fingerprint density at radius 3 is 2.58 bits per heavy atom. The van der Waals surface area contributed by atoms with Gasteiger partial charge in [0.2, 0.25) is 5.91 Å².